The van der Waals surface area contributed by atoms with Crippen LogP contribution in [0.3, 0.4) is 0 Å². The summed E-state index contributed by atoms with van der Waals surface area (Å²) in [5.41, 5.74) is 17.0. The van der Waals surface area contributed by atoms with E-state index >= 15 is 0 Å². The third-order valence-electron chi connectivity index (χ3n) is 10.00. The standard InChI is InChI=1S/C39H63N11O13.2H2/c1-21(54)31-39(63)49-29(20-53)37(61)46-24(12-6-8-16-43-30(55)14-13-25(35(59)50-31)44-27(18-51)33(42)57)34(58)48-28(19-52)38(62)47-26(17-22-9-3-2-4-10-22)36(60)45-23(32(41)56)11-5-7-15-40;;/h2-4,9-10,21,23-29,31,44,51-54H,5-8,11-20,40H2,1H3,(H2,41,56)(H2,42,57)(H,43,55)(H,45,60)(H,46,61)(H,47,62)(H,48,58)(H,49,63)(H,50,59);2*1H/t21-,23+,24?,25?,26+,27+,28+,29+,31+;;/m1../s1. The van der Waals surface area contributed by atoms with Crippen LogP contribution in [-0.4, -0.2) is 161 Å². The molecule has 2 rings (SSSR count). The van der Waals surface area contributed by atoms with Gasteiger partial charge in [0.1, 0.15) is 42.3 Å². The van der Waals surface area contributed by atoms with Gasteiger partial charge in [-0.2, -0.15) is 0 Å². The molecule has 0 radical (unpaired) electrons. The number of rotatable bonds is 20. The molecule has 2 unspecified atom stereocenters. The number of aliphatic hydroxyl groups is 4. The minimum absolute atomic E-state index is 0. The monoisotopic (exact) mass is 897 g/mol. The second kappa shape index (κ2) is 28.0. The van der Waals surface area contributed by atoms with Crippen LogP contribution in [0.15, 0.2) is 30.3 Å². The van der Waals surface area contributed by atoms with Crippen LogP contribution in [0.25, 0.3) is 0 Å². The summed E-state index contributed by atoms with van der Waals surface area (Å²) in [6, 6.07) is -3.39. The molecule has 9 atom stereocenters. The van der Waals surface area contributed by atoms with Crippen LogP contribution in [0, 0.1) is 0 Å². The lowest BCUT2D eigenvalue weighted by Gasteiger charge is -2.28. The number of primary amides is 2. The molecule has 1 aliphatic rings. The van der Waals surface area contributed by atoms with E-state index in [1.807, 2.05) is 0 Å². The Morgan fingerprint density at radius 3 is 2.00 bits per heavy atom. The van der Waals surface area contributed by atoms with E-state index < -0.39 is 127 Å². The van der Waals surface area contributed by atoms with E-state index in [9.17, 15) is 63.6 Å². The van der Waals surface area contributed by atoms with Gasteiger partial charge < -0.3 is 74.8 Å². The summed E-state index contributed by atoms with van der Waals surface area (Å²) >= 11 is 0. The van der Waals surface area contributed by atoms with E-state index in [4.69, 9.17) is 17.2 Å². The maximum Gasteiger partial charge on any atom is 0.245 e. The van der Waals surface area contributed by atoms with Crippen LogP contribution in [0.1, 0.15) is 66.7 Å². The van der Waals surface area contributed by atoms with Crippen molar-refractivity contribution in [2.75, 3.05) is 32.9 Å². The highest BCUT2D eigenvalue weighted by molar-refractivity contribution is 5.97. The molecule has 0 bridgehead atoms. The summed E-state index contributed by atoms with van der Waals surface area (Å²) < 4.78 is 0. The molecule has 1 fully saturated rings. The number of carbonyl (C=O) groups is 9. The van der Waals surface area contributed by atoms with Gasteiger partial charge >= 0.3 is 0 Å². The Balaban J connectivity index is 0.0000205. The Morgan fingerprint density at radius 1 is 0.778 bits per heavy atom. The molecule has 24 heteroatoms. The first kappa shape index (κ1) is 53.3. The van der Waals surface area contributed by atoms with E-state index in [-0.39, 0.29) is 54.3 Å². The van der Waals surface area contributed by atoms with Gasteiger partial charge in [-0.15, -0.1) is 0 Å². The van der Waals surface area contributed by atoms with Gasteiger partial charge in [-0.05, 0) is 64.0 Å². The van der Waals surface area contributed by atoms with E-state index in [0.717, 1.165) is 6.92 Å². The maximum atomic E-state index is 13.8. The molecular formula is C39H67N11O13. The van der Waals surface area contributed by atoms with Crippen molar-refractivity contribution in [1.82, 2.24) is 42.5 Å². The average Bonchev–Trinajstić information content (AvgIpc) is 3.24. The Hall–Kier alpha value is -5.79. The Labute approximate surface area is 366 Å². The first-order valence-electron chi connectivity index (χ1n) is 20.6. The van der Waals surface area contributed by atoms with Crippen molar-refractivity contribution in [3.8, 4) is 0 Å². The number of carbonyl (C=O) groups excluding carboxylic acids is 9. The molecule has 24 nitrogen and oxygen atoms in total. The van der Waals surface area contributed by atoms with E-state index in [1.54, 1.807) is 30.3 Å². The van der Waals surface area contributed by atoms with Crippen molar-refractivity contribution in [3.63, 3.8) is 0 Å². The summed E-state index contributed by atoms with van der Waals surface area (Å²) in [6.45, 7) is -1.28. The number of hydrogen-bond acceptors (Lipinski definition) is 15. The number of nitrogens with two attached hydrogens (primary N) is 3. The molecule has 63 heavy (non-hydrogen) atoms. The molecule has 1 heterocycles. The van der Waals surface area contributed by atoms with Gasteiger partial charge in [-0.3, -0.25) is 48.5 Å². The van der Waals surface area contributed by atoms with E-state index in [2.05, 4.69) is 42.5 Å². The SMILES string of the molecule is C[C@@H](O)[C@@H]1NC(=O)C(N[C@@H](CO)C(N)=O)CCC(=O)NCCCCC(C(=O)N[C@@H](CO)C(=O)N[C@@H](Cc2ccccc2)C(=O)N[C@@H](CCCCN)C(N)=O)NC(=O)[C@H](CO)NC1=O.[HH].[HH]. The normalized spacial score (nSPS) is 21.8. The molecule has 356 valence electrons. The lowest BCUT2D eigenvalue weighted by Crippen LogP contribution is -2.62. The smallest absolute Gasteiger partial charge is 0.245 e. The topological polar surface area (TPSA) is 409 Å². The lowest BCUT2D eigenvalue weighted by molar-refractivity contribution is -0.137. The fourth-order valence-electron chi connectivity index (χ4n) is 6.33. The Morgan fingerprint density at radius 2 is 1.41 bits per heavy atom. The molecule has 1 aromatic rings. The van der Waals surface area contributed by atoms with Gasteiger partial charge in [0.25, 0.3) is 0 Å². The van der Waals surface area contributed by atoms with Crippen LogP contribution in [0.4, 0.5) is 0 Å². The largest absolute Gasteiger partial charge is 0.394 e. The average molecular weight is 898 g/mol. The number of aliphatic hydroxyl groups excluding tert-OH is 4. The first-order valence-corrected chi connectivity index (χ1v) is 20.6. The van der Waals surface area contributed by atoms with Gasteiger partial charge in [0.2, 0.25) is 53.2 Å². The second-order valence-corrected chi connectivity index (χ2v) is 15.0. The Bertz CT molecular complexity index is 1720. The molecule has 0 spiro atoms. The maximum absolute atomic E-state index is 13.8. The number of nitrogens with one attached hydrogen (secondary N) is 8. The molecule has 0 aromatic heterocycles. The zero-order valence-corrected chi connectivity index (χ0v) is 35.2. The van der Waals surface area contributed by atoms with Crippen molar-refractivity contribution >= 4 is 53.2 Å². The lowest BCUT2D eigenvalue weighted by atomic mass is 10.0. The molecule has 1 aromatic carbocycles. The molecule has 1 aliphatic heterocycles. The highest BCUT2D eigenvalue weighted by atomic mass is 16.3. The zero-order chi connectivity index (χ0) is 47.1. The summed E-state index contributed by atoms with van der Waals surface area (Å²) in [7, 11) is 0. The number of unbranched alkanes of at least 4 members (excludes halogenated alkanes) is 1. The summed E-state index contributed by atoms with van der Waals surface area (Å²) in [5.74, 6) is -8.42. The Kier molecular flexibility index (Phi) is 23.7. The number of amides is 9. The summed E-state index contributed by atoms with van der Waals surface area (Å²) in [4.78, 5) is 118. The summed E-state index contributed by atoms with van der Waals surface area (Å²) in [5, 5.41) is 59.8. The number of hydrogen-bond donors (Lipinski definition) is 15. The predicted octanol–water partition coefficient (Wildman–Crippen LogP) is -6.51. The zero-order valence-electron chi connectivity index (χ0n) is 35.2. The van der Waals surface area contributed by atoms with Crippen molar-refractivity contribution < 1.29 is 66.4 Å². The van der Waals surface area contributed by atoms with Crippen LogP contribution in [0.2, 0.25) is 0 Å². The third-order valence-corrected chi connectivity index (χ3v) is 10.00. The summed E-state index contributed by atoms with van der Waals surface area (Å²) in [6.07, 6.45) is -0.762. The van der Waals surface area contributed by atoms with Crippen molar-refractivity contribution in [2.45, 2.75) is 119 Å². The molecule has 1 saturated heterocycles. The third kappa shape index (κ3) is 18.6. The van der Waals surface area contributed by atoms with Gasteiger partial charge in [0.05, 0.1) is 32.0 Å². The van der Waals surface area contributed by atoms with Crippen molar-refractivity contribution in [3.05, 3.63) is 35.9 Å². The molecule has 0 saturated carbocycles. The molecule has 0 aliphatic carbocycles. The van der Waals surface area contributed by atoms with Crippen LogP contribution in [0.5, 0.6) is 0 Å². The van der Waals surface area contributed by atoms with Crippen LogP contribution in [-0.2, 0) is 49.6 Å². The quantitative estimate of drug-likeness (QED) is 0.0541. The minimum atomic E-state index is -1.77. The van der Waals surface area contributed by atoms with Gasteiger partial charge in [0, 0.05) is 22.2 Å². The molecule has 9 amide bonds. The van der Waals surface area contributed by atoms with E-state index in [0.29, 0.717) is 24.9 Å². The van der Waals surface area contributed by atoms with Crippen LogP contribution < -0.4 is 59.7 Å². The molecule has 18 N–H and O–H groups in total. The van der Waals surface area contributed by atoms with Crippen molar-refractivity contribution in [1.29, 1.82) is 0 Å². The fourth-order valence-corrected chi connectivity index (χ4v) is 6.33. The van der Waals surface area contributed by atoms with E-state index in [1.165, 1.54) is 0 Å². The van der Waals surface area contributed by atoms with Crippen LogP contribution >= 0.6 is 0 Å². The van der Waals surface area contributed by atoms with Crippen molar-refractivity contribution in [2.24, 2.45) is 17.2 Å². The minimum Gasteiger partial charge on any atom is -0.394 e. The molecular weight excluding hydrogens is 830 g/mol. The second-order valence-electron chi connectivity index (χ2n) is 15.0. The predicted molar refractivity (Wildman–Crippen MR) is 227 cm³/mol. The fraction of sp³-hybridized carbons (Fsp3) is 0.615. The highest BCUT2D eigenvalue weighted by Gasteiger charge is 2.35. The highest BCUT2D eigenvalue weighted by Crippen LogP contribution is 2.09. The number of benzene rings is 1. The first-order chi connectivity index (χ1) is 29.9. The van der Waals surface area contributed by atoms with Gasteiger partial charge in [-0.1, -0.05) is 30.3 Å². The van der Waals surface area contributed by atoms with Gasteiger partial charge in [0.15, 0.2) is 0 Å². The van der Waals surface area contributed by atoms with Gasteiger partial charge in [-0.25, -0.2) is 0 Å².